The number of fused-ring (bicyclic) bond motifs is 1. The Hall–Kier alpha value is -2.20. The van der Waals surface area contributed by atoms with E-state index in [0.717, 1.165) is 16.9 Å². The molecular formula is C16H16O4. The molecule has 0 aliphatic carbocycles. The van der Waals surface area contributed by atoms with Crippen molar-refractivity contribution in [1.82, 2.24) is 0 Å². The van der Waals surface area contributed by atoms with Crippen molar-refractivity contribution in [2.45, 2.75) is 13.0 Å². The Bertz CT molecular complexity index is 592. The molecule has 1 unspecified atom stereocenters. The summed E-state index contributed by atoms with van der Waals surface area (Å²) in [4.78, 5) is 0. The number of hydrogen-bond acceptors (Lipinski definition) is 4. The third-order valence-corrected chi connectivity index (χ3v) is 3.21. The van der Waals surface area contributed by atoms with Gasteiger partial charge in [0, 0.05) is 6.07 Å². The van der Waals surface area contributed by atoms with Crippen molar-refractivity contribution in [3.63, 3.8) is 0 Å². The zero-order valence-corrected chi connectivity index (χ0v) is 11.2. The predicted molar refractivity (Wildman–Crippen MR) is 74.2 cm³/mol. The molecule has 2 aromatic carbocycles. The van der Waals surface area contributed by atoms with E-state index in [1.807, 2.05) is 31.2 Å². The summed E-state index contributed by atoms with van der Waals surface area (Å²) < 4.78 is 16.1. The van der Waals surface area contributed by atoms with Gasteiger partial charge in [0.1, 0.15) is 18.5 Å². The van der Waals surface area contributed by atoms with Crippen LogP contribution in [0.15, 0.2) is 42.5 Å². The first-order chi connectivity index (χ1) is 9.72. The molecule has 1 atom stereocenters. The van der Waals surface area contributed by atoms with E-state index in [2.05, 4.69) is 0 Å². The minimum Gasteiger partial charge on any atom is -0.490 e. The smallest absolute Gasteiger partial charge is 0.231 e. The molecule has 1 aliphatic rings. The van der Waals surface area contributed by atoms with Crippen molar-refractivity contribution in [2.75, 3.05) is 13.4 Å². The first-order valence-corrected chi connectivity index (χ1v) is 6.49. The van der Waals surface area contributed by atoms with Gasteiger partial charge in [0.2, 0.25) is 6.79 Å². The lowest BCUT2D eigenvalue weighted by molar-refractivity contribution is 0.108. The van der Waals surface area contributed by atoms with Gasteiger partial charge in [-0.15, -0.1) is 0 Å². The third-order valence-electron chi connectivity index (χ3n) is 3.21. The molecule has 0 bridgehead atoms. The fraction of sp³-hybridized carbons (Fsp3) is 0.250. The highest BCUT2D eigenvalue weighted by Crippen LogP contribution is 2.35. The van der Waals surface area contributed by atoms with Crippen LogP contribution in [-0.2, 0) is 0 Å². The molecule has 104 valence electrons. The van der Waals surface area contributed by atoms with Crippen molar-refractivity contribution in [1.29, 1.82) is 0 Å². The second-order valence-electron chi connectivity index (χ2n) is 4.75. The Morgan fingerprint density at radius 1 is 1.10 bits per heavy atom. The van der Waals surface area contributed by atoms with E-state index >= 15 is 0 Å². The number of ether oxygens (including phenoxy) is 3. The van der Waals surface area contributed by atoms with Gasteiger partial charge in [0.05, 0.1) is 0 Å². The van der Waals surface area contributed by atoms with Crippen LogP contribution in [0, 0.1) is 6.92 Å². The summed E-state index contributed by atoms with van der Waals surface area (Å²) in [5.41, 5.74) is 2.01. The van der Waals surface area contributed by atoms with Gasteiger partial charge >= 0.3 is 0 Å². The molecule has 20 heavy (non-hydrogen) atoms. The van der Waals surface area contributed by atoms with Gasteiger partial charge in [-0.25, -0.2) is 0 Å². The van der Waals surface area contributed by atoms with Crippen LogP contribution in [0.1, 0.15) is 17.2 Å². The van der Waals surface area contributed by atoms with E-state index in [4.69, 9.17) is 14.2 Å². The molecule has 4 heteroatoms. The molecule has 2 aromatic rings. The zero-order valence-electron chi connectivity index (χ0n) is 11.2. The van der Waals surface area contributed by atoms with Crippen LogP contribution >= 0.6 is 0 Å². The summed E-state index contributed by atoms with van der Waals surface area (Å²) in [6, 6.07) is 13.1. The highest BCUT2D eigenvalue weighted by molar-refractivity contribution is 5.46. The first-order valence-electron chi connectivity index (χ1n) is 6.49. The van der Waals surface area contributed by atoms with E-state index in [9.17, 15) is 5.11 Å². The Balaban J connectivity index is 1.63. The monoisotopic (exact) mass is 272 g/mol. The topological polar surface area (TPSA) is 47.9 Å². The van der Waals surface area contributed by atoms with Crippen LogP contribution in [0.5, 0.6) is 17.2 Å². The molecule has 0 amide bonds. The fourth-order valence-corrected chi connectivity index (χ4v) is 2.03. The van der Waals surface area contributed by atoms with E-state index in [0.29, 0.717) is 11.5 Å². The predicted octanol–water partition coefficient (Wildman–Crippen LogP) is 2.84. The van der Waals surface area contributed by atoms with Crippen LogP contribution in [0.2, 0.25) is 0 Å². The number of aryl methyl sites for hydroxylation is 1. The molecule has 3 rings (SSSR count). The van der Waals surface area contributed by atoms with Gasteiger partial charge in [0.15, 0.2) is 11.5 Å². The maximum Gasteiger partial charge on any atom is 0.231 e. The van der Waals surface area contributed by atoms with Crippen molar-refractivity contribution in [2.24, 2.45) is 0 Å². The van der Waals surface area contributed by atoms with Gasteiger partial charge in [0.25, 0.3) is 0 Å². The number of hydrogen-bond donors (Lipinski definition) is 1. The summed E-state index contributed by atoms with van der Waals surface area (Å²) >= 11 is 0. The summed E-state index contributed by atoms with van der Waals surface area (Å²) in [5, 5.41) is 10.1. The average molecular weight is 272 g/mol. The fourth-order valence-electron chi connectivity index (χ4n) is 2.03. The molecule has 0 spiro atoms. The largest absolute Gasteiger partial charge is 0.490 e. The van der Waals surface area contributed by atoms with Crippen LogP contribution in [0.25, 0.3) is 0 Å². The Morgan fingerprint density at radius 3 is 2.65 bits per heavy atom. The lowest BCUT2D eigenvalue weighted by Crippen LogP contribution is -2.09. The van der Waals surface area contributed by atoms with Gasteiger partial charge in [-0.05, 0) is 24.6 Å². The summed E-state index contributed by atoms with van der Waals surface area (Å²) in [7, 11) is 0. The first kappa shape index (κ1) is 12.8. The van der Waals surface area contributed by atoms with E-state index in [1.165, 1.54) is 0 Å². The van der Waals surface area contributed by atoms with Gasteiger partial charge in [-0.2, -0.15) is 0 Å². The summed E-state index contributed by atoms with van der Waals surface area (Å²) in [5.74, 6) is 2.05. The van der Waals surface area contributed by atoms with Crippen LogP contribution in [-0.4, -0.2) is 18.5 Å². The number of rotatable bonds is 4. The lowest BCUT2D eigenvalue weighted by Gasteiger charge is -2.13. The van der Waals surface area contributed by atoms with E-state index in [-0.39, 0.29) is 13.4 Å². The van der Waals surface area contributed by atoms with Crippen molar-refractivity contribution in [3.05, 3.63) is 53.6 Å². The molecule has 0 saturated carbocycles. The SMILES string of the molecule is Cc1ccc(C(O)COc2ccc3c(c2)OCO3)cc1. The lowest BCUT2D eigenvalue weighted by atomic mass is 10.1. The molecule has 0 aromatic heterocycles. The Kier molecular flexibility index (Phi) is 3.48. The van der Waals surface area contributed by atoms with Crippen LogP contribution in [0.4, 0.5) is 0 Å². The second kappa shape index (κ2) is 5.43. The van der Waals surface area contributed by atoms with Gasteiger partial charge in [-0.1, -0.05) is 29.8 Å². The molecule has 0 radical (unpaired) electrons. The van der Waals surface area contributed by atoms with E-state index < -0.39 is 6.10 Å². The zero-order chi connectivity index (χ0) is 13.9. The highest BCUT2D eigenvalue weighted by atomic mass is 16.7. The second-order valence-corrected chi connectivity index (χ2v) is 4.75. The summed E-state index contributed by atoms with van der Waals surface area (Å²) in [6.45, 7) is 2.45. The number of benzene rings is 2. The standard InChI is InChI=1S/C16H16O4/c1-11-2-4-12(5-3-11)14(17)9-18-13-6-7-15-16(8-13)20-10-19-15/h2-8,14,17H,9-10H2,1H3. The van der Waals surface area contributed by atoms with Crippen LogP contribution in [0.3, 0.4) is 0 Å². The highest BCUT2D eigenvalue weighted by Gasteiger charge is 2.14. The van der Waals surface area contributed by atoms with Gasteiger partial charge < -0.3 is 19.3 Å². The molecule has 1 N–H and O–H groups in total. The Morgan fingerprint density at radius 2 is 1.85 bits per heavy atom. The molecule has 0 saturated heterocycles. The molecular weight excluding hydrogens is 256 g/mol. The van der Waals surface area contributed by atoms with Crippen LogP contribution < -0.4 is 14.2 Å². The van der Waals surface area contributed by atoms with Crippen molar-refractivity contribution >= 4 is 0 Å². The average Bonchev–Trinajstić information content (AvgIpc) is 2.93. The van der Waals surface area contributed by atoms with E-state index in [1.54, 1.807) is 18.2 Å². The maximum absolute atomic E-state index is 10.1. The minimum atomic E-state index is -0.652. The quantitative estimate of drug-likeness (QED) is 0.929. The number of aliphatic hydroxyl groups is 1. The molecule has 1 aliphatic heterocycles. The summed E-state index contributed by atoms with van der Waals surface area (Å²) in [6.07, 6.45) is -0.652. The minimum absolute atomic E-state index is 0.197. The third kappa shape index (κ3) is 2.70. The van der Waals surface area contributed by atoms with Crippen molar-refractivity contribution in [3.8, 4) is 17.2 Å². The molecule has 0 fully saturated rings. The number of aliphatic hydroxyl groups excluding tert-OH is 1. The van der Waals surface area contributed by atoms with Crippen molar-refractivity contribution < 1.29 is 19.3 Å². The van der Waals surface area contributed by atoms with Gasteiger partial charge in [-0.3, -0.25) is 0 Å². The maximum atomic E-state index is 10.1. The molecule has 1 heterocycles. The normalized spacial score (nSPS) is 14.1. The molecule has 4 nitrogen and oxygen atoms in total. The Labute approximate surface area is 117 Å².